The maximum Gasteiger partial charge on any atom is 0.167 e. The fraction of sp³-hybridized carbons (Fsp3) is 0.500. The Bertz CT molecular complexity index is 422. The van der Waals surface area contributed by atoms with E-state index in [0.29, 0.717) is 19.6 Å². The van der Waals surface area contributed by atoms with E-state index in [1.165, 1.54) is 6.07 Å². The molecule has 1 aliphatic rings. The van der Waals surface area contributed by atoms with Gasteiger partial charge in [-0.05, 0) is 19.1 Å². The van der Waals surface area contributed by atoms with Gasteiger partial charge in [0.05, 0.1) is 18.3 Å². The van der Waals surface area contributed by atoms with Crippen LogP contribution >= 0.6 is 0 Å². The summed E-state index contributed by atoms with van der Waals surface area (Å²) < 4.78 is 18.8. The topological polar surface area (TPSA) is 29.5 Å². The first-order chi connectivity index (χ1) is 8.66. The van der Waals surface area contributed by atoms with Gasteiger partial charge < -0.3 is 4.74 Å². The minimum Gasteiger partial charge on any atom is -0.376 e. The van der Waals surface area contributed by atoms with Gasteiger partial charge in [-0.25, -0.2) is 4.39 Å². The van der Waals surface area contributed by atoms with Gasteiger partial charge in [-0.3, -0.25) is 9.69 Å². The zero-order valence-corrected chi connectivity index (χ0v) is 10.6. The summed E-state index contributed by atoms with van der Waals surface area (Å²) in [5, 5.41) is 0. The van der Waals surface area contributed by atoms with Gasteiger partial charge in [0, 0.05) is 26.1 Å². The summed E-state index contributed by atoms with van der Waals surface area (Å²) in [6.45, 7) is 5.07. The summed E-state index contributed by atoms with van der Waals surface area (Å²) in [5.74, 6) is -0.565. The average Bonchev–Trinajstić information content (AvgIpc) is 2.37. The van der Waals surface area contributed by atoms with Crippen molar-refractivity contribution in [3.8, 4) is 0 Å². The van der Waals surface area contributed by atoms with E-state index in [1.54, 1.807) is 18.2 Å². The molecule has 1 aromatic rings. The number of carbonyl (C=O) groups is 1. The number of carbonyl (C=O) groups excluding carboxylic acids is 1. The van der Waals surface area contributed by atoms with Gasteiger partial charge in [0.1, 0.15) is 5.82 Å². The number of ketones is 1. The lowest BCUT2D eigenvalue weighted by atomic mass is 10.1. The monoisotopic (exact) mass is 251 g/mol. The fourth-order valence-corrected chi connectivity index (χ4v) is 2.18. The van der Waals surface area contributed by atoms with Crippen molar-refractivity contribution in [2.45, 2.75) is 19.4 Å². The van der Waals surface area contributed by atoms with Crippen LogP contribution in [0.25, 0.3) is 0 Å². The second kappa shape index (κ2) is 6.07. The summed E-state index contributed by atoms with van der Waals surface area (Å²) in [7, 11) is 0. The molecule has 1 unspecified atom stereocenters. The third-order valence-corrected chi connectivity index (χ3v) is 3.15. The SMILES string of the molecule is CC1CN(CCC(=O)c2ccccc2F)CCO1. The second-order valence-electron chi connectivity index (χ2n) is 4.64. The third-order valence-electron chi connectivity index (χ3n) is 3.15. The first-order valence-corrected chi connectivity index (χ1v) is 6.28. The lowest BCUT2D eigenvalue weighted by Crippen LogP contribution is -2.41. The Hall–Kier alpha value is -1.26. The van der Waals surface area contributed by atoms with Crippen LogP contribution in [0.1, 0.15) is 23.7 Å². The number of Topliss-reactive ketones (excluding diaryl/α,β-unsaturated/α-hetero) is 1. The van der Waals surface area contributed by atoms with Crippen molar-refractivity contribution in [3.05, 3.63) is 35.6 Å². The predicted octanol–water partition coefficient (Wildman–Crippen LogP) is 2.12. The minimum atomic E-state index is -0.433. The molecule has 1 aliphatic heterocycles. The smallest absolute Gasteiger partial charge is 0.167 e. The van der Waals surface area contributed by atoms with Crippen molar-refractivity contribution in [3.63, 3.8) is 0 Å². The van der Waals surface area contributed by atoms with E-state index in [-0.39, 0.29) is 17.5 Å². The highest BCUT2D eigenvalue weighted by Crippen LogP contribution is 2.11. The summed E-state index contributed by atoms with van der Waals surface area (Å²) in [6.07, 6.45) is 0.565. The molecular weight excluding hydrogens is 233 g/mol. The van der Waals surface area contributed by atoms with Crippen LogP contribution in [0.15, 0.2) is 24.3 Å². The molecule has 0 bridgehead atoms. The second-order valence-corrected chi connectivity index (χ2v) is 4.64. The number of morpholine rings is 1. The van der Waals surface area contributed by atoms with E-state index in [2.05, 4.69) is 4.90 Å². The van der Waals surface area contributed by atoms with Crippen LogP contribution < -0.4 is 0 Å². The zero-order chi connectivity index (χ0) is 13.0. The molecule has 18 heavy (non-hydrogen) atoms. The first-order valence-electron chi connectivity index (χ1n) is 6.28. The van der Waals surface area contributed by atoms with Crippen LogP contribution in [0.2, 0.25) is 0 Å². The Morgan fingerprint density at radius 1 is 1.50 bits per heavy atom. The summed E-state index contributed by atoms with van der Waals surface area (Å²) >= 11 is 0. The van der Waals surface area contributed by atoms with Crippen LogP contribution in [0.5, 0.6) is 0 Å². The number of nitrogens with zero attached hydrogens (tertiary/aromatic N) is 1. The normalized spacial score (nSPS) is 20.9. The number of benzene rings is 1. The molecule has 1 atom stereocenters. The van der Waals surface area contributed by atoms with Crippen molar-refractivity contribution >= 4 is 5.78 Å². The maximum absolute atomic E-state index is 13.4. The highest BCUT2D eigenvalue weighted by atomic mass is 19.1. The van der Waals surface area contributed by atoms with Gasteiger partial charge in [0.15, 0.2) is 5.78 Å². The molecule has 0 amide bonds. The Morgan fingerprint density at radius 2 is 2.28 bits per heavy atom. The average molecular weight is 251 g/mol. The Balaban J connectivity index is 1.87. The number of ether oxygens (including phenoxy) is 1. The van der Waals surface area contributed by atoms with Gasteiger partial charge in [-0.1, -0.05) is 12.1 Å². The quantitative estimate of drug-likeness (QED) is 0.768. The molecule has 0 saturated carbocycles. The summed E-state index contributed by atoms with van der Waals surface area (Å²) in [6, 6.07) is 6.15. The molecule has 3 nitrogen and oxygen atoms in total. The van der Waals surface area contributed by atoms with Gasteiger partial charge >= 0.3 is 0 Å². The van der Waals surface area contributed by atoms with Crippen molar-refractivity contribution in [1.82, 2.24) is 4.90 Å². The Morgan fingerprint density at radius 3 is 3.00 bits per heavy atom. The van der Waals surface area contributed by atoms with Crippen LogP contribution in [0.4, 0.5) is 4.39 Å². The van der Waals surface area contributed by atoms with Crippen molar-refractivity contribution < 1.29 is 13.9 Å². The van der Waals surface area contributed by atoms with Gasteiger partial charge in [-0.15, -0.1) is 0 Å². The molecule has 2 rings (SSSR count). The molecule has 1 saturated heterocycles. The fourth-order valence-electron chi connectivity index (χ4n) is 2.18. The van der Waals surface area contributed by atoms with Crippen LogP contribution in [-0.4, -0.2) is 43.0 Å². The van der Waals surface area contributed by atoms with Gasteiger partial charge in [0.25, 0.3) is 0 Å². The Kier molecular flexibility index (Phi) is 4.44. The van der Waals surface area contributed by atoms with Gasteiger partial charge in [0.2, 0.25) is 0 Å². The van der Waals surface area contributed by atoms with Crippen LogP contribution in [-0.2, 0) is 4.74 Å². The van der Waals surface area contributed by atoms with Gasteiger partial charge in [-0.2, -0.15) is 0 Å². The maximum atomic E-state index is 13.4. The van der Waals surface area contributed by atoms with Crippen LogP contribution in [0, 0.1) is 5.82 Å². The molecule has 98 valence electrons. The Labute approximate surface area is 107 Å². The molecule has 1 fully saturated rings. The van der Waals surface area contributed by atoms with Crippen molar-refractivity contribution in [2.24, 2.45) is 0 Å². The largest absolute Gasteiger partial charge is 0.376 e. The van der Waals surface area contributed by atoms with Crippen LogP contribution in [0.3, 0.4) is 0 Å². The molecule has 1 aromatic carbocycles. The van der Waals surface area contributed by atoms with Crippen molar-refractivity contribution in [2.75, 3.05) is 26.2 Å². The van der Waals surface area contributed by atoms with E-state index in [0.717, 1.165) is 13.1 Å². The summed E-state index contributed by atoms with van der Waals surface area (Å²) in [5.41, 5.74) is 0.193. The molecule has 0 N–H and O–H groups in total. The highest BCUT2D eigenvalue weighted by molar-refractivity contribution is 5.96. The predicted molar refractivity (Wildman–Crippen MR) is 67.2 cm³/mol. The number of hydrogen-bond acceptors (Lipinski definition) is 3. The number of halogens is 1. The third kappa shape index (κ3) is 3.37. The van der Waals surface area contributed by atoms with E-state index < -0.39 is 5.82 Å². The highest BCUT2D eigenvalue weighted by Gasteiger charge is 2.18. The molecule has 4 heteroatoms. The lowest BCUT2D eigenvalue weighted by molar-refractivity contribution is -0.0180. The standard InChI is InChI=1S/C14H18FNO2/c1-11-10-16(8-9-18-11)7-6-14(17)12-4-2-3-5-13(12)15/h2-5,11H,6-10H2,1H3. The zero-order valence-electron chi connectivity index (χ0n) is 10.6. The molecule has 0 radical (unpaired) electrons. The molecule has 0 aromatic heterocycles. The molecule has 0 aliphatic carbocycles. The van der Waals surface area contributed by atoms with E-state index in [4.69, 9.17) is 4.74 Å². The van der Waals surface area contributed by atoms with E-state index >= 15 is 0 Å². The summed E-state index contributed by atoms with van der Waals surface area (Å²) in [4.78, 5) is 14.1. The first kappa shape index (κ1) is 13.2. The van der Waals surface area contributed by atoms with E-state index in [1.807, 2.05) is 6.92 Å². The number of hydrogen-bond donors (Lipinski definition) is 0. The van der Waals surface area contributed by atoms with E-state index in [9.17, 15) is 9.18 Å². The lowest BCUT2D eigenvalue weighted by Gasteiger charge is -2.30. The number of rotatable bonds is 4. The molecule has 1 heterocycles. The van der Waals surface area contributed by atoms with Crippen molar-refractivity contribution in [1.29, 1.82) is 0 Å². The molecular formula is C14H18FNO2. The minimum absolute atomic E-state index is 0.132. The molecule has 0 spiro atoms.